The molecule has 1 aliphatic rings. The monoisotopic (exact) mass is 363 g/mol. The van der Waals surface area contributed by atoms with Crippen molar-refractivity contribution in [2.45, 2.75) is 0 Å². The lowest BCUT2D eigenvalue weighted by Crippen LogP contribution is -2.36. The van der Waals surface area contributed by atoms with Gasteiger partial charge in [0.25, 0.3) is 5.91 Å². The molecule has 2 aromatic heterocycles. The van der Waals surface area contributed by atoms with Crippen molar-refractivity contribution in [1.29, 1.82) is 0 Å². The summed E-state index contributed by atoms with van der Waals surface area (Å²) in [5.41, 5.74) is 0.459. The van der Waals surface area contributed by atoms with E-state index in [0.717, 1.165) is 23.4 Å². The molecule has 0 unspecified atom stereocenters. The molecular weight excluding hydrogens is 350 g/mol. The summed E-state index contributed by atoms with van der Waals surface area (Å²) in [6, 6.07) is 3.46. The smallest absolute Gasteiger partial charge is 0.258 e. The van der Waals surface area contributed by atoms with Crippen LogP contribution in [0.5, 0.6) is 0 Å². The maximum atomic E-state index is 12.2. The number of amides is 1. The Bertz CT molecular complexity index is 676. The van der Waals surface area contributed by atoms with Crippen molar-refractivity contribution >= 4 is 33.5 Å². The molecule has 1 fully saturated rings. The SMILES string of the molecule is O=C(Nc1cc(N2CCOCC2)ncn1)c1cncc(Br)c1. The summed E-state index contributed by atoms with van der Waals surface area (Å²) in [5, 5.41) is 2.76. The van der Waals surface area contributed by atoms with Gasteiger partial charge in [-0.25, -0.2) is 9.97 Å². The minimum Gasteiger partial charge on any atom is -0.378 e. The van der Waals surface area contributed by atoms with Gasteiger partial charge in [0.1, 0.15) is 18.0 Å². The number of rotatable bonds is 3. The van der Waals surface area contributed by atoms with Gasteiger partial charge in [-0.05, 0) is 22.0 Å². The molecule has 1 amide bonds. The summed E-state index contributed by atoms with van der Waals surface area (Å²) in [6.07, 6.45) is 4.57. The van der Waals surface area contributed by atoms with Crippen LogP contribution in [-0.2, 0) is 4.74 Å². The average molecular weight is 364 g/mol. The van der Waals surface area contributed by atoms with Gasteiger partial charge in [0.2, 0.25) is 0 Å². The highest BCUT2D eigenvalue weighted by Crippen LogP contribution is 2.16. The highest BCUT2D eigenvalue weighted by Gasteiger charge is 2.14. The van der Waals surface area contributed by atoms with E-state index in [1.54, 1.807) is 18.3 Å². The van der Waals surface area contributed by atoms with Crippen LogP contribution >= 0.6 is 15.9 Å². The number of nitrogens with zero attached hydrogens (tertiary/aromatic N) is 4. The Labute approximate surface area is 135 Å². The Morgan fingerprint density at radius 3 is 2.82 bits per heavy atom. The Morgan fingerprint density at radius 1 is 1.23 bits per heavy atom. The molecule has 0 aromatic carbocycles. The van der Waals surface area contributed by atoms with E-state index in [0.29, 0.717) is 24.6 Å². The number of aromatic nitrogens is 3. The normalized spacial score (nSPS) is 14.7. The fourth-order valence-corrected chi connectivity index (χ4v) is 2.47. The van der Waals surface area contributed by atoms with E-state index in [1.165, 1.54) is 12.5 Å². The van der Waals surface area contributed by atoms with E-state index in [9.17, 15) is 4.79 Å². The van der Waals surface area contributed by atoms with Gasteiger partial charge in [0.05, 0.1) is 18.8 Å². The van der Waals surface area contributed by atoms with Crippen molar-refractivity contribution in [2.24, 2.45) is 0 Å². The number of nitrogens with one attached hydrogen (secondary N) is 1. The van der Waals surface area contributed by atoms with Gasteiger partial charge < -0.3 is 15.0 Å². The first-order valence-electron chi connectivity index (χ1n) is 6.79. The second-order valence-electron chi connectivity index (χ2n) is 4.71. The van der Waals surface area contributed by atoms with Crippen LogP contribution in [0.2, 0.25) is 0 Å². The number of carbonyl (C=O) groups is 1. The highest BCUT2D eigenvalue weighted by atomic mass is 79.9. The fraction of sp³-hybridized carbons (Fsp3) is 0.286. The Hall–Kier alpha value is -2.06. The second-order valence-corrected chi connectivity index (χ2v) is 5.62. The number of hydrogen-bond acceptors (Lipinski definition) is 6. The minimum atomic E-state index is -0.263. The molecule has 1 aliphatic heterocycles. The topological polar surface area (TPSA) is 80.2 Å². The molecule has 0 radical (unpaired) electrons. The van der Waals surface area contributed by atoms with E-state index in [1.807, 2.05) is 0 Å². The zero-order chi connectivity index (χ0) is 15.4. The van der Waals surface area contributed by atoms with Gasteiger partial charge >= 0.3 is 0 Å². The minimum absolute atomic E-state index is 0.263. The van der Waals surface area contributed by atoms with Gasteiger partial charge in [-0.3, -0.25) is 9.78 Å². The number of halogens is 1. The van der Waals surface area contributed by atoms with E-state index in [-0.39, 0.29) is 5.91 Å². The first kappa shape index (κ1) is 14.9. The van der Waals surface area contributed by atoms with Crippen molar-refractivity contribution < 1.29 is 9.53 Å². The largest absolute Gasteiger partial charge is 0.378 e. The summed E-state index contributed by atoms with van der Waals surface area (Å²) in [5.74, 6) is 0.975. The van der Waals surface area contributed by atoms with Crippen LogP contribution in [0.1, 0.15) is 10.4 Å². The molecule has 2 aromatic rings. The number of morpholine rings is 1. The summed E-state index contributed by atoms with van der Waals surface area (Å²) < 4.78 is 6.07. The lowest BCUT2D eigenvalue weighted by Gasteiger charge is -2.27. The molecule has 114 valence electrons. The van der Waals surface area contributed by atoms with Crippen LogP contribution in [0.4, 0.5) is 11.6 Å². The molecule has 3 rings (SSSR count). The van der Waals surface area contributed by atoms with Crippen LogP contribution in [0.25, 0.3) is 0 Å². The molecule has 1 N–H and O–H groups in total. The summed E-state index contributed by atoms with van der Waals surface area (Å²) >= 11 is 3.29. The molecule has 8 heteroatoms. The number of carbonyl (C=O) groups excluding carboxylic acids is 1. The number of anilines is 2. The van der Waals surface area contributed by atoms with Crippen LogP contribution < -0.4 is 10.2 Å². The average Bonchev–Trinajstić information content (AvgIpc) is 2.56. The lowest BCUT2D eigenvalue weighted by molar-refractivity contribution is 0.102. The van der Waals surface area contributed by atoms with E-state index in [4.69, 9.17) is 4.74 Å². The molecule has 22 heavy (non-hydrogen) atoms. The Balaban J connectivity index is 1.73. The van der Waals surface area contributed by atoms with Crippen molar-refractivity contribution in [3.8, 4) is 0 Å². The van der Waals surface area contributed by atoms with Crippen LogP contribution in [-0.4, -0.2) is 47.2 Å². The molecule has 0 aliphatic carbocycles. The summed E-state index contributed by atoms with van der Waals surface area (Å²) in [6.45, 7) is 2.91. The number of hydrogen-bond donors (Lipinski definition) is 1. The summed E-state index contributed by atoms with van der Waals surface area (Å²) in [7, 11) is 0. The molecule has 1 saturated heterocycles. The molecular formula is C14H14BrN5O2. The third kappa shape index (κ3) is 3.58. The van der Waals surface area contributed by atoms with Crippen molar-refractivity contribution in [3.05, 3.63) is 40.9 Å². The van der Waals surface area contributed by atoms with Gasteiger partial charge in [-0.2, -0.15) is 0 Å². The van der Waals surface area contributed by atoms with Gasteiger partial charge in [-0.15, -0.1) is 0 Å². The van der Waals surface area contributed by atoms with Crippen molar-refractivity contribution in [3.63, 3.8) is 0 Å². The molecule has 0 bridgehead atoms. The van der Waals surface area contributed by atoms with E-state index in [2.05, 4.69) is 41.1 Å². The quantitative estimate of drug-likeness (QED) is 0.894. The molecule has 7 nitrogen and oxygen atoms in total. The standard InChI is InChI=1S/C14H14BrN5O2/c15-11-5-10(7-16-8-11)14(21)19-12-6-13(18-9-17-12)20-1-3-22-4-2-20/h5-9H,1-4H2,(H,17,18,19,21). The fourth-order valence-electron chi connectivity index (χ4n) is 2.11. The maximum Gasteiger partial charge on any atom is 0.258 e. The molecule has 3 heterocycles. The van der Waals surface area contributed by atoms with Gasteiger partial charge in [-0.1, -0.05) is 0 Å². The lowest BCUT2D eigenvalue weighted by atomic mass is 10.2. The van der Waals surface area contributed by atoms with E-state index < -0.39 is 0 Å². The Kier molecular flexibility index (Phi) is 4.59. The van der Waals surface area contributed by atoms with Gasteiger partial charge in [0.15, 0.2) is 0 Å². The predicted molar refractivity (Wildman–Crippen MR) is 85.0 cm³/mol. The first-order valence-corrected chi connectivity index (χ1v) is 7.58. The predicted octanol–water partition coefficient (Wildman–Crippen LogP) is 1.72. The van der Waals surface area contributed by atoms with Crippen LogP contribution in [0.15, 0.2) is 35.3 Å². The van der Waals surface area contributed by atoms with Crippen LogP contribution in [0, 0.1) is 0 Å². The summed E-state index contributed by atoms with van der Waals surface area (Å²) in [4.78, 5) is 26.6. The van der Waals surface area contributed by atoms with Crippen molar-refractivity contribution in [1.82, 2.24) is 15.0 Å². The first-order chi connectivity index (χ1) is 10.7. The highest BCUT2D eigenvalue weighted by molar-refractivity contribution is 9.10. The van der Waals surface area contributed by atoms with Gasteiger partial charge in [0, 0.05) is 36.0 Å². The van der Waals surface area contributed by atoms with E-state index >= 15 is 0 Å². The molecule has 0 atom stereocenters. The zero-order valence-corrected chi connectivity index (χ0v) is 13.3. The zero-order valence-electron chi connectivity index (χ0n) is 11.7. The maximum absolute atomic E-state index is 12.2. The third-order valence-electron chi connectivity index (χ3n) is 3.20. The third-order valence-corrected chi connectivity index (χ3v) is 3.63. The molecule has 0 saturated carbocycles. The Morgan fingerprint density at radius 2 is 2.05 bits per heavy atom. The van der Waals surface area contributed by atoms with Crippen molar-refractivity contribution in [2.75, 3.05) is 36.5 Å². The second kappa shape index (κ2) is 6.80. The molecule has 0 spiro atoms. The number of ether oxygens (including phenoxy) is 1. The van der Waals surface area contributed by atoms with Crippen LogP contribution in [0.3, 0.4) is 0 Å². The number of pyridine rings is 1.